The number of carbonyl (C=O) groups excluding carboxylic acids is 1. The number of carboxylic acids is 1. The summed E-state index contributed by atoms with van der Waals surface area (Å²) in [5, 5.41) is 9.04. The van der Waals surface area contributed by atoms with Crippen LogP contribution in [0.5, 0.6) is 0 Å². The fraction of sp³-hybridized carbons (Fsp3) is 0.920. The molecule has 3 N–H and O–H groups in total. The average Bonchev–Trinajstić information content (AvgIpc) is 3.02. The zero-order chi connectivity index (χ0) is 25.4. The van der Waals surface area contributed by atoms with Gasteiger partial charge in [-0.15, -0.1) is 0 Å². The maximum atomic E-state index is 12.7. The standard InChI is InChI=1S/C25H38BINO6S/c1-22(2)19-8-10-24(28)16-13-18(32-21(31)5-4-20(29)30)17-12-14(33-35(26)27)6-9-23(17,3)15(16)7-11-25(19,24)34-22/h14-19H,4-13,28H2,1-3H3,(H,29,30)/q-1/t14-,15-,16+,17+,18-,19?,23+,24?,25-/m0/s1. The Balaban J connectivity index is 1.45. The second kappa shape index (κ2) is 9.02. The van der Waals surface area contributed by atoms with Gasteiger partial charge in [0.2, 0.25) is 0 Å². The molecule has 1 aliphatic heterocycles. The number of hydrogen-bond donors (Lipinski definition) is 2. The summed E-state index contributed by atoms with van der Waals surface area (Å²) in [5.74, 6) is -0.156. The first kappa shape index (κ1) is 26.6. The molecule has 2 unspecified atom stereocenters. The van der Waals surface area contributed by atoms with Crippen LogP contribution in [0.15, 0.2) is 0 Å². The van der Waals surface area contributed by atoms with Crippen LogP contribution in [0, 0.1) is 29.1 Å². The van der Waals surface area contributed by atoms with Crippen molar-refractivity contribution in [2.45, 2.75) is 114 Å². The van der Waals surface area contributed by atoms with Crippen molar-refractivity contribution < 1.29 is 28.4 Å². The third-order valence-electron chi connectivity index (χ3n) is 10.7. The van der Waals surface area contributed by atoms with E-state index in [1.807, 2.05) is 0 Å². The number of halogens is 1. The summed E-state index contributed by atoms with van der Waals surface area (Å²) in [7, 11) is -0.636. The third-order valence-corrected chi connectivity index (χ3v) is 11.7. The molecule has 7 nitrogen and oxygen atoms in total. The first-order chi connectivity index (χ1) is 16.3. The van der Waals surface area contributed by atoms with Crippen molar-refractivity contribution in [3.8, 4) is 0 Å². The fourth-order valence-electron chi connectivity index (χ4n) is 9.32. The van der Waals surface area contributed by atoms with Gasteiger partial charge >= 0.3 is 211 Å². The van der Waals surface area contributed by atoms with E-state index in [1.54, 1.807) is 0 Å². The molecule has 0 aromatic rings. The first-order valence-electron chi connectivity index (χ1n) is 13.0. The molecule has 9 atom stereocenters. The Kier molecular flexibility index (Phi) is 6.85. The number of carbonyl (C=O) groups is 2. The van der Waals surface area contributed by atoms with Gasteiger partial charge in [-0.3, -0.25) is 0 Å². The summed E-state index contributed by atoms with van der Waals surface area (Å²) in [6.07, 6.45) is 6.97. The van der Waals surface area contributed by atoms with Gasteiger partial charge in [-0.2, -0.15) is 0 Å². The number of carboxylic acid groups (broad SMARTS) is 1. The van der Waals surface area contributed by atoms with Gasteiger partial charge in [0.05, 0.1) is 0 Å². The van der Waals surface area contributed by atoms with E-state index in [9.17, 15) is 9.59 Å². The second-order valence-corrected chi connectivity index (χ2v) is 15.8. The molecule has 4 saturated carbocycles. The Labute approximate surface area is 223 Å². The van der Waals surface area contributed by atoms with Crippen molar-refractivity contribution in [1.29, 1.82) is 0 Å². The zero-order valence-electron chi connectivity index (χ0n) is 21.0. The summed E-state index contributed by atoms with van der Waals surface area (Å²) in [5.41, 5.74) is 6.55. The fourth-order valence-corrected chi connectivity index (χ4v) is 10.6. The Morgan fingerprint density at radius 1 is 1.09 bits per heavy atom. The number of esters is 1. The van der Waals surface area contributed by atoms with Crippen LogP contribution >= 0.6 is 21.2 Å². The minimum atomic E-state index is -0.990. The topological polar surface area (TPSA) is 108 Å². The van der Waals surface area contributed by atoms with Gasteiger partial charge < -0.3 is 0 Å². The van der Waals surface area contributed by atoms with Gasteiger partial charge in [-0.05, 0) is 13.8 Å². The van der Waals surface area contributed by atoms with Gasteiger partial charge in [-0.1, -0.05) is 0 Å². The van der Waals surface area contributed by atoms with Gasteiger partial charge in [0.15, 0.2) is 0 Å². The minimum absolute atomic E-state index is 0.0235. The van der Waals surface area contributed by atoms with Crippen LogP contribution in [-0.2, 0) is 30.8 Å². The predicted octanol–water partition coefficient (Wildman–Crippen LogP) is 4.01. The monoisotopic (exact) mass is 618 g/mol. The predicted molar refractivity (Wildman–Crippen MR) is 143 cm³/mol. The number of aliphatic carboxylic acids is 1. The molecule has 10 heteroatoms. The normalized spacial score (nSPS) is 47.7. The van der Waals surface area contributed by atoms with Crippen molar-refractivity contribution >= 4 is 47.3 Å². The van der Waals surface area contributed by atoms with Crippen LogP contribution < -0.4 is 5.73 Å². The number of hydrogen-bond acceptors (Lipinski definition) is 7. The first-order valence-corrected chi connectivity index (χ1v) is 16.8. The van der Waals surface area contributed by atoms with Gasteiger partial charge in [0.25, 0.3) is 0 Å². The number of ether oxygens (including phenoxy) is 2. The maximum absolute atomic E-state index is 12.7. The van der Waals surface area contributed by atoms with Crippen molar-refractivity contribution in [1.82, 2.24) is 0 Å². The molecule has 0 aromatic carbocycles. The van der Waals surface area contributed by atoms with E-state index in [1.165, 1.54) is 0 Å². The Morgan fingerprint density at radius 3 is 2.49 bits per heavy atom. The van der Waals surface area contributed by atoms with Gasteiger partial charge in [0.1, 0.15) is 0 Å². The van der Waals surface area contributed by atoms with E-state index >= 15 is 0 Å². The van der Waals surface area contributed by atoms with E-state index in [0.717, 1.165) is 44.9 Å². The van der Waals surface area contributed by atoms with Crippen LogP contribution in [0.2, 0.25) is 0 Å². The van der Waals surface area contributed by atoms with E-state index in [0.29, 0.717) is 18.3 Å². The summed E-state index contributed by atoms with van der Waals surface area (Å²) >= 11 is 2.11. The molecule has 0 bridgehead atoms. The Hall–Kier alpha value is -0.0351. The molecule has 35 heavy (non-hydrogen) atoms. The van der Waals surface area contributed by atoms with E-state index < -0.39 is 25.1 Å². The Bertz CT molecular complexity index is 987. The van der Waals surface area contributed by atoms with Crippen LogP contribution in [0.25, 0.3) is 0 Å². The Morgan fingerprint density at radius 2 is 1.83 bits per heavy atom. The molecule has 1 heterocycles. The summed E-state index contributed by atoms with van der Waals surface area (Å²) in [6.45, 7) is 12.7. The molecule has 5 fully saturated rings. The molecule has 4 aliphatic carbocycles. The number of fused-ring (bicyclic) bond motifs is 4. The van der Waals surface area contributed by atoms with E-state index in [2.05, 4.69) is 42.0 Å². The van der Waals surface area contributed by atoms with Crippen LogP contribution in [-0.4, -0.2) is 52.5 Å². The van der Waals surface area contributed by atoms with Gasteiger partial charge in [0, 0.05) is 0 Å². The van der Waals surface area contributed by atoms with E-state index in [-0.39, 0.29) is 53.5 Å². The molecule has 0 amide bonds. The van der Waals surface area contributed by atoms with Crippen molar-refractivity contribution in [3.05, 3.63) is 0 Å². The molecule has 0 aromatic heterocycles. The van der Waals surface area contributed by atoms with Crippen molar-refractivity contribution in [2.24, 2.45) is 34.8 Å². The third kappa shape index (κ3) is 4.10. The number of nitrogens with two attached hydrogens (primary N) is 1. The van der Waals surface area contributed by atoms with Gasteiger partial charge in [-0.25, -0.2) is 0 Å². The number of rotatable bonds is 5. The van der Waals surface area contributed by atoms with Crippen LogP contribution in [0.1, 0.15) is 85.0 Å². The second-order valence-electron chi connectivity index (χ2n) is 12.5. The molecule has 1 spiro atoms. The van der Waals surface area contributed by atoms with Crippen LogP contribution in [0.3, 0.4) is 0 Å². The SMILES string of the molecule is B#[S-](I)O[C@H]1CC[C@@]2(C)[C@H](C1)[C@@H](OC(=O)CCC(=O)O)C[C@@H]1[C@@H]2CC[C@]23OC(C)(C)C2CCC13N. The van der Waals surface area contributed by atoms with E-state index in [4.69, 9.17) is 31.0 Å². The molecule has 0 radical (unpaired) electrons. The summed E-state index contributed by atoms with van der Waals surface area (Å²) < 4.78 is 18.8. The molecule has 1 saturated heterocycles. The molecular formula is C25H38BINO6S-. The molecular weight excluding hydrogens is 580 g/mol. The average molecular weight is 618 g/mol. The zero-order valence-corrected chi connectivity index (χ0v) is 23.9. The van der Waals surface area contributed by atoms with Crippen LogP contribution in [0.4, 0.5) is 0 Å². The molecule has 5 aliphatic rings. The summed E-state index contributed by atoms with van der Waals surface area (Å²) in [6, 6.07) is 0. The van der Waals surface area contributed by atoms with Crippen molar-refractivity contribution in [3.63, 3.8) is 0 Å². The quantitative estimate of drug-likeness (QED) is 0.208. The molecule has 196 valence electrons. The van der Waals surface area contributed by atoms with Crippen molar-refractivity contribution in [2.75, 3.05) is 0 Å². The summed E-state index contributed by atoms with van der Waals surface area (Å²) in [4.78, 5) is 23.8. The molecule has 5 rings (SSSR count).